The zero-order valence-corrected chi connectivity index (χ0v) is 7.25. The van der Waals surface area contributed by atoms with E-state index in [0.29, 0.717) is 5.56 Å². The van der Waals surface area contributed by atoms with Gasteiger partial charge >= 0.3 is 5.69 Å². The van der Waals surface area contributed by atoms with E-state index in [0.717, 1.165) is 12.1 Å². The van der Waals surface area contributed by atoms with Gasteiger partial charge in [-0.2, -0.15) is 0 Å². The van der Waals surface area contributed by atoms with Gasteiger partial charge in [-0.3, -0.25) is 10.1 Å². The summed E-state index contributed by atoms with van der Waals surface area (Å²) in [6.45, 7) is 3.36. The van der Waals surface area contributed by atoms with Crippen LogP contribution in [0, 0.1) is 10.1 Å². The fourth-order valence-corrected chi connectivity index (χ4v) is 1.01. The van der Waals surface area contributed by atoms with Gasteiger partial charge in [0.15, 0.2) is 5.75 Å². The van der Waals surface area contributed by atoms with Crippen molar-refractivity contribution in [2.75, 3.05) is 0 Å². The molecule has 0 amide bonds. The minimum absolute atomic E-state index is 0.364. The number of aliphatic hydroxyl groups excluding tert-OH is 1. The van der Waals surface area contributed by atoms with E-state index in [4.69, 9.17) is 0 Å². The topological polar surface area (TPSA) is 83.6 Å². The lowest BCUT2D eigenvalue weighted by molar-refractivity contribution is -0.385. The van der Waals surface area contributed by atoms with Crippen molar-refractivity contribution >= 4 is 5.69 Å². The molecule has 0 aliphatic heterocycles. The Morgan fingerprint density at radius 3 is 2.64 bits per heavy atom. The molecule has 14 heavy (non-hydrogen) atoms. The molecule has 0 radical (unpaired) electrons. The second-order valence-corrected chi connectivity index (χ2v) is 2.69. The van der Waals surface area contributed by atoms with Crippen LogP contribution in [0.2, 0.25) is 0 Å². The number of aromatic hydroxyl groups is 1. The average Bonchev–Trinajstić information content (AvgIpc) is 2.15. The lowest BCUT2D eigenvalue weighted by Gasteiger charge is -2.05. The molecule has 0 aliphatic rings. The average molecular weight is 195 g/mol. The molecule has 0 bridgehead atoms. The molecular formula is C9H9NO4. The van der Waals surface area contributed by atoms with Crippen LogP contribution >= 0.6 is 0 Å². The SMILES string of the molecule is C=CC(O)c1ccc([N+](=O)[O-])c(O)c1. The quantitative estimate of drug-likeness (QED) is 0.435. The number of aliphatic hydroxyl groups is 1. The van der Waals surface area contributed by atoms with Crippen LogP contribution in [0.5, 0.6) is 5.75 Å². The summed E-state index contributed by atoms with van der Waals surface area (Å²) in [7, 11) is 0. The monoisotopic (exact) mass is 195 g/mol. The molecule has 0 aliphatic carbocycles. The van der Waals surface area contributed by atoms with Gasteiger partial charge in [0.2, 0.25) is 0 Å². The molecule has 74 valence electrons. The highest BCUT2D eigenvalue weighted by molar-refractivity contribution is 5.48. The summed E-state index contributed by atoms with van der Waals surface area (Å²) >= 11 is 0. The van der Waals surface area contributed by atoms with E-state index in [-0.39, 0.29) is 5.69 Å². The lowest BCUT2D eigenvalue weighted by Crippen LogP contribution is -1.94. The molecule has 5 nitrogen and oxygen atoms in total. The van der Waals surface area contributed by atoms with Crippen molar-refractivity contribution in [1.29, 1.82) is 0 Å². The highest BCUT2D eigenvalue weighted by Crippen LogP contribution is 2.28. The Hall–Kier alpha value is -1.88. The highest BCUT2D eigenvalue weighted by atomic mass is 16.6. The summed E-state index contributed by atoms with van der Waals surface area (Å²) in [5, 5.41) is 28.8. The van der Waals surface area contributed by atoms with Crippen molar-refractivity contribution in [3.05, 3.63) is 46.5 Å². The van der Waals surface area contributed by atoms with Gasteiger partial charge < -0.3 is 10.2 Å². The Morgan fingerprint density at radius 2 is 2.21 bits per heavy atom. The summed E-state index contributed by atoms with van der Waals surface area (Å²) in [6.07, 6.45) is 0.336. The maximum absolute atomic E-state index is 10.3. The predicted octanol–water partition coefficient (Wildman–Crippen LogP) is 1.52. The molecule has 0 saturated carbocycles. The fraction of sp³-hybridized carbons (Fsp3) is 0.111. The van der Waals surface area contributed by atoms with Gasteiger partial charge in [-0.1, -0.05) is 6.08 Å². The summed E-state index contributed by atoms with van der Waals surface area (Å²) in [6, 6.07) is 3.64. The van der Waals surface area contributed by atoms with E-state index < -0.39 is 16.8 Å². The Bertz CT molecular complexity index is 375. The van der Waals surface area contributed by atoms with E-state index in [1.807, 2.05) is 0 Å². The van der Waals surface area contributed by atoms with Crippen LogP contribution in [0.1, 0.15) is 11.7 Å². The normalized spacial score (nSPS) is 12.1. The van der Waals surface area contributed by atoms with E-state index in [1.165, 1.54) is 12.1 Å². The van der Waals surface area contributed by atoms with Gasteiger partial charge in [0.25, 0.3) is 0 Å². The number of hydrogen-bond donors (Lipinski definition) is 2. The molecule has 1 atom stereocenters. The van der Waals surface area contributed by atoms with Crippen LogP contribution in [-0.2, 0) is 0 Å². The Morgan fingerprint density at radius 1 is 1.57 bits per heavy atom. The minimum atomic E-state index is -0.929. The van der Waals surface area contributed by atoms with E-state index in [2.05, 4.69) is 6.58 Å². The van der Waals surface area contributed by atoms with E-state index in [1.54, 1.807) is 0 Å². The molecule has 1 unspecified atom stereocenters. The number of nitro groups is 1. The minimum Gasteiger partial charge on any atom is -0.502 e. The van der Waals surface area contributed by atoms with E-state index >= 15 is 0 Å². The summed E-state index contributed by atoms with van der Waals surface area (Å²) in [5.41, 5.74) is -0.0203. The smallest absolute Gasteiger partial charge is 0.310 e. The summed E-state index contributed by atoms with van der Waals surface area (Å²) in [4.78, 5) is 9.64. The molecule has 0 spiro atoms. The first-order valence-corrected chi connectivity index (χ1v) is 3.84. The van der Waals surface area contributed by atoms with Gasteiger partial charge in [0, 0.05) is 6.07 Å². The van der Waals surface area contributed by atoms with E-state index in [9.17, 15) is 20.3 Å². The first-order chi connectivity index (χ1) is 6.56. The number of phenols is 1. The number of rotatable bonds is 3. The van der Waals surface area contributed by atoms with Crippen molar-refractivity contribution in [1.82, 2.24) is 0 Å². The molecule has 0 aromatic heterocycles. The predicted molar refractivity (Wildman–Crippen MR) is 49.9 cm³/mol. The number of nitro benzene ring substituents is 1. The first-order valence-electron chi connectivity index (χ1n) is 3.84. The second kappa shape index (κ2) is 3.89. The maximum atomic E-state index is 10.3. The molecular weight excluding hydrogens is 186 g/mol. The third-order valence-corrected chi connectivity index (χ3v) is 1.76. The number of hydrogen-bond acceptors (Lipinski definition) is 4. The van der Waals surface area contributed by atoms with Crippen LogP contribution in [0.4, 0.5) is 5.69 Å². The highest BCUT2D eigenvalue weighted by Gasteiger charge is 2.14. The van der Waals surface area contributed by atoms with Gasteiger partial charge in [0.1, 0.15) is 0 Å². The number of nitrogens with zero attached hydrogens (tertiary/aromatic N) is 1. The second-order valence-electron chi connectivity index (χ2n) is 2.69. The Balaban J connectivity index is 3.12. The third-order valence-electron chi connectivity index (χ3n) is 1.76. The first kappa shape index (κ1) is 10.2. The Labute approximate surface area is 80.1 Å². The molecule has 0 saturated heterocycles. The van der Waals surface area contributed by atoms with Crippen molar-refractivity contribution in [3.63, 3.8) is 0 Å². The van der Waals surface area contributed by atoms with Crippen molar-refractivity contribution in [2.24, 2.45) is 0 Å². The van der Waals surface area contributed by atoms with Crippen LogP contribution in [0.15, 0.2) is 30.9 Å². The zero-order valence-electron chi connectivity index (χ0n) is 7.25. The fourth-order valence-electron chi connectivity index (χ4n) is 1.01. The van der Waals surface area contributed by atoms with Crippen LogP contribution in [-0.4, -0.2) is 15.1 Å². The molecule has 1 aromatic rings. The molecule has 1 rings (SSSR count). The largest absolute Gasteiger partial charge is 0.502 e. The van der Waals surface area contributed by atoms with Crippen LogP contribution < -0.4 is 0 Å². The number of benzene rings is 1. The Kier molecular flexibility index (Phi) is 2.83. The van der Waals surface area contributed by atoms with Gasteiger partial charge in [-0.05, 0) is 17.7 Å². The van der Waals surface area contributed by atoms with Crippen molar-refractivity contribution in [2.45, 2.75) is 6.10 Å². The molecule has 0 heterocycles. The number of phenolic OH excluding ortho intramolecular Hbond substituents is 1. The summed E-state index contributed by atoms with van der Waals surface area (Å²) in [5.74, 6) is -0.464. The molecule has 0 fully saturated rings. The van der Waals surface area contributed by atoms with Crippen molar-refractivity contribution in [3.8, 4) is 5.75 Å². The van der Waals surface area contributed by atoms with Gasteiger partial charge in [-0.15, -0.1) is 6.58 Å². The molecule has 5 heteroatoms. The third kappa shape index (κ3) is 1.89. The van der Waals surface area contributed by atoms with Gasteiger partial charge in [-0.25, -0.2) is 0 Å². The lowest BCUT2D eigenvalue weighted by atomic mass is 10.1. The zero-order chi connectivity index (χ0) is 10.7. The van der Waals surface area contributed by atoms with Gasteiger partial charge in [0.05, 0.1) is 11.0 Å². The van der Waals surface area contributed by atoms with Crippen LogP contribution in [0.25, 0.3) is 0 Å². The standard InChI is InChI=1S/C9H9NO4/c1-2-8(11)6-3-4-7(10(13)14)9(12)5-6/h2-5,8,11-12H,1H2. The molecule has 2 N–H and O–H groups in total. The van der Waals surface area contributed by atoms with Crippen LogP contribution in [0.3, 0.4) is 0 Å². The molecule has 1 aromatic carbocycles. The summed E-state index contributed by atoms with van der Waals surface area (Å²) < 4.78 is 0. The van der Waals surface area contributed by atoms with Crippen molar-refractivity contribution < 1.29 is 15.1 Å². The maximum Gasteiger partial charge on any atom is 0.310 e.